The zero-order valence-electron chi connectivity index (χ0n) is 8.59. The van der Waals surface area contributed by atoms with E-state index >= 15 is 0 Å². The Morgan fingerprint density at radius 1 is 1.38 bits per heavy atom. The van der Waals surface area contributed by atoms with Gasteiger partial charge in [0.15, 0.2) is 5.82 Å². The van der Waals surface area contributed by atoms with Crippen molar-refractivity contribution in [3.63, 3.8) is 0 Å². The van der Waals surface area contributed by atoms with Gasteiger partial charge in [-0.2, -0.15) is 10.1 Å². The molecule has 7 heteroatoms. The molecule has 1 fully saturated rings. The average molecular weight is 221 g/mol. The summed E-state index contributed by atoms with van der Waals surface area (Å²) in [7, 11) is 0. The molecule has 16 heavy (non-hydrogen) atoms. The van der Waals surface area contributed by atoms with Gasteiger partial charge in [-0.1, -0.05) is 5.16 Å². The highest BCUT2D eigenvalue weighted by molar-refractivity contribution is 5.39. The second kappa shape index (κ2) is 4.01. The van der Waals surface area contributed by atoms with Crippen molar-refractivity contribution in [3.05, 3.63) is 12.2 Å². The molecule has 0 spiro atoms. The first-order valence-corrected chi connectivity index (χ1v) is 5.24. The highest BCUT2D eigenvalue weighted by atomic mass is 16.5. The number of aromatic amines is 1. The first kappa shape index (κ1) is 9.46. The summed E-state index contributed by atoms with van der Waals surface area (Å²) in [6, 6.07) is 0. The van der Waals surface area contributed by atoms with Crippen molar-refractivity contribution in [2.75, 3.05) is 6.61 Å². The third-order valence-corrected chi connectivity index (χ3v) is 2.52. The Kier molecular flexibility index (Phi) is 2.37. The van der Waals surface area contributed by atoms with Crippen LogP contribution in [0.3, 0.4) is 0 Å². The van der Waals surface area contributed by atoms with Crippen LogP contribution in [0.2, 0.25) is 0 Å². The van der Waals surface area contributed by atoms with Gasteiger partial charge in [0.05, 0.1) is 0 Å². The molecule has 1 unspecified atom stereocenters. The molecule has 0 aromatic carbocycles. The van der Waals surface area contributed by atoms with E-state index in [9.17, 15) is 0 Å². The molecule has 0 radical (unpaired) electrons. The zero-order valence-corrected chi connectivity index (χ0v) is 8.59. The van der Waals surface area contributed by atoms with Crippen LogP contribution in [-0.2, 0) is 4.74 Å². The fraction of sp³-hybridized carbons (Fsp3) is 0.556. The van der Waals surface area contributed by atoms with Gasteiger partial charge < -0.3 is 9.26 Å². The van der Waals surface area contributed by atoms with Crippen LogP contribution in [0.15, 0.2) is 10.9 Å². The molecule has 1 atom stereocenters. The normalized spacial score (nSPS) is 21.1. The number of hydrogen-bond acceptors (Lipinski definition) is 6. The Hall–Kier alpha value is -1.76. The largest absolute Gasteiger partial charge is 0.368 e. The number of nitrogens with zero attached hydrogens (tertiary/aromatic N) is 4. The van der Waals surface area contributed by atoms with Gasteiger partial charge in [0.2, 0.25) is 5.82 Å². The van der Waals surface area contributed by atoms with Gasteiger partial charge in [0.1, 0.15) is 12.4 Å². The Balaban J connectivity index is 1.82. The van der Waals surface area contributed by atoms with E-state index in [1.165, 1.54) is 6.33 Å². The molecular formula is C9H11N5O2. The third-order valence-electron chi connectivity index (χ3n) is 2.52. The van der Waals surface area contributed by atoms with Crippen LogP contribution in [0.5, 0.6) is 0 Å². The second-order valence-electron chi connectivity index (χ2n) is 3.65. The molecule has 3 heterocycles. The Bertz CT molecular complexity index is 446. The molecule has 0 bridgehead atoms. The van der Waals surface area contributed by atoms with Gasteiger partial charge in [-0.25, -0.2) is 4.98 Å². The van der Waals surface area contributed by atoms with E-state index in [-0.39, 0.29) is 6.10 Å². The number of rotatable bonds is 2. The smallest absolute Gasteiger partial charge is 0.256 e. The highest BCUT2D eigenvalue weighted by Crippen LogP contribution is 2.27. The molecule has 2 aromatic heterocycles. The first-order chi connectivity index (χ1) is 7.93. The minimum atomic E-state index is -0.0714. The van der Waals surface area contributed by atoms with E-state index in [0.29, 0.717) is 17.5 Å². The molecule has 1 aliphatic rings. The standard InChI is InChI=1S/C9H11N5O2/c1-2-4-15-6(3-1)9-12-8(14-16-9)7-10-5-11-13-7/h5-6H,1-4H2,(H,10,11,13). The average Bonchev–Trinajstić information content (AvgIpc) is 3.01. The van der Waals surface area contributed by atoms with Crippen LogP contribution in [-0.4, -0.2) is 31.9 Å². The summed E-state index contributed by atoms with van der Waals surface area (Å²) in [5.74, 6) is 1.44. The maximum absolute atomic E-state index is 5.55. The van der Waals surface area contributed by atoms with E-state index in [1.807, 2.05) is 0 Å². The lowest BCUT2D eigenvalue weighted by Gasteiger charge is -2.18. The quantitative estimate of drug-likeness (QED) is 0.816. The van der Waals surface area contributed by atoms with Gasteiger partial charge in [0.25, 0.3) is 5.89 Å². The summed E-state index contributed by atoms with van der Waals surface area (Å²) >= 11 is 0. The van der Waals surface area contributed by atoms with Gasteiger partial charge in [-0.15, -0.1) is 0 Å². The van der Waals surface area contributed by atoms with Crippen LogP contribution in [0.25, 0.3) is 11.6 Å². The van der Waals surface area contributed by atoms with Crippen molar-refractivity contribution in [3.8, 4) is 11.6 Å². The zero-order chi connectivity index (χ0) is 10.8. The molecule has 0 amide bonds. The van der Waals surface area contributed by atoms with Crippen LogP contribution in [0.4, 0.5) is 0 Å². The SMILES string of the molecule is c1n[nH]c(-c2noc(C3CCCCO3)n2)n1. The van der Waals surface area contributed by atoms with Crippen LogP contribution >= 0.6 is 0 Å². The van der Waals surface area contributed by atoms with Crippen molar-refractivity contribution in [1.82, 2.24) is 25.3 Å². The minimum absolute atomic E-state index is 0.0714. The first-order valence-electron chi connectivity index (χ1n) is 5.24. The molecular weight excluding hydrogens is 210 g/mol. The third kappa shape index (κ3) is 1.69. The van der Waals surface area contributed by atoms with E-state index in [2.05, 4.69) is 25.3 Å². The fourth-order valence-corrected chi connectivity index (χ4v) is 1.71. The number of hydrogen-bond donors (Lipinski definition) is 1. The number of nitrogens with one attached hydrogen (secondary N) is 1. The predicted octanol–water partition coefficient (Wildman–Crippen LogP) is 1.10. The van der Waals surface area contributed by atoms with Crippen molar-refractivity contribution in [2.45, 2.75) is 25.4 Å². The lowest BCUT2D eigenvalue weighted by Crippen LogP contribution is -2.11. The maximum atomic E-state index is 5.55. The topological polar surface area (TPSA) is 89.7 Å². The Labute approximate surface area is 91.2 Å². The van der Waals surface area contributed by atoms with Gasteiger partial charge >= 0.3 is 0 Å². The van der Waals surface area contributed by atoms with E-state index in [0.717, 1.165) is 25.9 Å². The van der Waals surface area contributed by atoms with Gasteiger partial charge in [-0.05, 0) is 19.3 Å². The van der Waals surface area contributed by atoms with Crippen molar-refractivity contribution in [1.29, 1.82) is 0 Å². The second-order valence-corrected chi connectivity index (χ2v) is 3.65. The summed E-state index contributed by atoms with van der Waals surface area (Å²) in [5.41, 5.74) is 0. The summed E-state index contributed by atoms with van der Waals surface area (Å²) in [6.07, 6.45) is 4.49. The molecule has 7 nitrogen and oxygen atoms in total. The predicted molar refractivity (Wildman–Crippen MR) is 52.2 cm³/mol. The lowest BCUT2D eigenvalue weighted by molar-refractivity contribution is -0.00459. The monoisotopic (exact) mass is 221 g/mol. The molecule has 84 valence electrons. The molecule has 2 aromatic rings. The summed E-state index contributed by atoms with van der Waals surface area (Å²) in [5, 5.41) is 10.2. The fourth-order valence-electron chi connectivity index (χ4n) is 1.71. The van der Waals surface area contributed by atoms with Crippen molar-refractivity contribution in [2.24, 2.45) is 0 Å². The summed E-state index contributed by atoms with van der Waals surface area (Å²) in [4.78, 5) is 8.19. The number of aromatic nitrogens is 5. The molecule has 1 N–H and O–H groups in total. The highest BCUT2D eigenvalue weighted by Gasteiger charge is 2.23. The Morgan fingerprint density at radius 3 is 3.12 bits per heavy atom. The summed E-state index contributed by atoms with van der Waals surface area (Å²) < 4.78 is 10.7. The lowest BCUT2D eigenvalue weighted by atomic mass is 10.1. The van der Waals surface area contributed by atoms with Crippen LogP contribution in [0.1, 0.15) is 31.3 Å². The van der Waals surface area contributed by atoms with E-state index in [1.54, 1.807) is 0 Å². The van der Waals surface area contributed by atoms with Crippen molar-refractivity contribution >= 4 is 0 Å². The maximum Gasteiger partial charge on any atom is 0.256 e. The van der Waals surface area contributed by atoms with Gasteiger partial charge in [-0.3, -0.25) is 5.10 Å². The molecule has 1 saturated heterocycles. The Morgan fingerprint density at radius 2 is 2.38 bits per heavy atom. The molecule has 1 aliphatic heterocycles. The summed E-state index contributed by atoms with van der Waals surface area (Å²) in [6.45, 7) is 0.755. The van der Waals surface area contributed by atoms with Crippen LogP contribution in [0, 0.1) is 0 Å². The van der Waals surface area contributed by atoms with E-state index in [4.69, 9.17) is 9.26 Å². The molecule has 3 rings (SSSR count). The molecule has 0 saturated carbocycles. The van der Waals surface area contributed by atoms with Gasteiger partial charge in [0, 0.05) is 6.61 Å². The van der Waals surface area contributed by atoms with Crippen LogP contribution < -0.4 is 0 Å². The number of H-pyrrole nitrogens is 1. The van der Waals surface area contributed by atoms with Crippen molar-refractivity contribution < 1.29 is 9.26 Å². The minimum Gasteiger partial charge on any atom is -0.368 e. The molecule has 0 aliphatic carbocycles. The van der Waals surface area contributed by atoms with E-state index < -0.39 is 0 Å². The number of ether oxygens (including phenoxy) is 1.